The predicted molar refractivity (Wildman–Crippen MR) is 109 cm³/mol. The fourth-order valence-electron chi connectivity index (χ4n) is 2.27. The number of carbonyl (C=O) groups excluding carboxylic acids is 1. The number of benzene rings is 2. The first-order valence-corrected chi connectivity index (χ1v) is 8.67. The molecule has 0 radical (unpaired) electrons. The topological polar surface area (TPSA) is 59.6 Å². The van der Waals surface area contributed by atoms with Gasteiger partial charge in [0.25, 0.3) is 0 Å². The number of hydrogen-bond donors (Lipinski definition) is 2. The number of anilines is 1. The molecule has 0 aliphatic heterocycles. The van der Waals surface area contributed by atoms with Crippen molar-refractivity contribution in [2.24, 2.45) is 0 Å². The van der Waals surface area contributed by atoms with Crippen LogP contribution in [0.4, 0.5) is 10.5 Å². The third-order valence-corrected chi connectivity index (χ3v) is 3.74. The Kier molecular flexibility index (Phi) is 8.08. The lowest BCUT2D eigenvalue weighted by molar-refractivity contribution is 0.253. The van der Waals surface area contributed by atoms with Crippen molar-refractivity contribution < 1.29 is 14.3 Å². The molecule has 27 heavy (non-hydrogen) atoms. The minimum Gasteiger partial charge on any atom is -0.495 e. The van der Waals surface area contributed by atoms with Crippen molar-refractivity contribution in [3.63, 3.8) is 0 Å². The van der Waals surface area contributed by atoms with E-state index in [2.05, 4.69) is 29.1 Å². The summed E-state index contributed by atoms with van der Waals surface area (Å²) in [6.07, 6.45) is 2.56. The van der Waals surface area contributed by atoms with Crippen LogP contribution in [-0.2, 0) is 6.42 Å². The van der Waals surface area contributed by atoms with Crippen LogP contribution in [0.15, 0.2) is 55.1 Å². The summed E-state index contributed by atoms with van der Waals surface area (Å²) >= 11 is 5.93. The maximum Gasteiger partial charge on any atom is 0.320 e. The summed E-state index contributed by atoms with van der Waals surface area (Å²) in [7, 11) is 1.52. The molecule has 0 fully saturated rings. The number of halogens is 1. The standard InChI is InChI=1S/C21H21ClN2O3/c1-3-8-16-9-4-5-10-19(16)27-14-7-6-13-23-21(25)24-18-15-17(22)11-12-20(18)26-2/h3-5,9-12,15H,1,8,13-14H2,2H3,(H2,23,24,25). The van der Waals surface area contributed by atoms with Gasteiger partial charge in [0.15, 0.2) is 0 Å². The van der Waals surface area contributed by atoms with Gasteiger partial charge in [-0.2, -0.15) is 0 Å². The molecule has 2 aromatic carbocycles. The van der Waals surface area contributed by atoms with Gasteiger partial charge in [-0.15, -0.1) is 6.58 Å². The highest BCUT2D eigenvalue weighted by atomic mass is 35.5. The van der Waals surface area contributed by atoms with E-state index in [-0.39, 0.29) is 13.2 Å². The van der Waals surface area contributed by atoms with Crippen LogP contribution in [0.3, 0.4) is 0 Å². The summed E-state index contributed by atoms with van der Waals surface area (Å²) in [4.78, 5) is 11.9. The number of urea groups is 1. The van der Waals surface area contributed by atoms with Gasteiger partial charge in [0, 0.05) is 5.02 Å². The third-order valence-electron chi connectivity index (χ3n) is 3.51. The van der Waals surface area contributed by atoms with E-state index in [1.165, 1.54) is 7.11 Å². The van der Waals surface area contributed by atoms with Gasteiger partial charge in [-0.25, -0.2) is 4.79 Å². The van der Waals surface area contributed by atoms with Crippen molar-refractivity contribution in [3.05, 3.63) is 65.7 Å². The van der Waals surface area contributed by atoms with Crippen LogP contribution in [0.25, 0.3) is 0 Å². The zero-order valence-corrected chi connectivity index (χ0v) is 15.8. The van der Waals surface area contributed by atoms with Crippen LogP contribution in [0, 0.1) is 11.8 Å². The Bertz CT molecular complexity index is 856. The summed E-state index contributed by atoms with van der Waals surface area (Å²) < 4.78 is 10.8. The Morgan fingerprint density at radius 1 is 1.22 bits per heavy atom. The van der Waals surface area contributed by atoms with E-state index >= 15 is 0 Å². The molecule has 0 heterocycles. The van der Waals surface area contributed by atoms with Gasteiger partial charge < -0.3 is 20.1 Å². The van der Waals surface area contributed by atoms with E-state index in [0.29, 0.717) is 16.5 Å². The van der Waals surface area contributed by atoms with Gasteiger partial charge in [-0.3, -0.25) is 0 Å². The van der Waals surface area contributed by atoms with E-state index in [1.54, 1.807) is 18.2 Å². The van der Waals surface area contributed by atoms with Gasteiger partial charge in [-0.05, 0) is 36.2 Å². The molecule has 2 aromatic rings. The first-order chi connectivity index (χ1) is 13.1. The Balaban J connectivity index is 1.78. The molecule has 0 unspecified atom stereocenters. The Morgan fingerprint density at radius 3 is 2.81 bits per heavy atom. The summed E-state index contributed by atoms with van der Waals surface area (Å²) in [5.41, 5.74) is 1.54. The highest BCUT2D eigenvalue weighted by Gasteiger charge is 2.07. The summed E-state index contributed by atoms with van der Waals surface area (Å²) in [5.74, 6) is 7.01. The van der Waals surface area contributed by atoms with Crippen LogP contribution < -0.4 is 20.1 Å². The molecule has 140 valence electrons. The number of hydrogen-bond acceptors (Lipinski definition) is 3. The molecule has 2 amide bonds. The van der Waals surface area contributed by atoms with Crippen molar-refractivity contribution in [1.82, 2.24) is 5.32 Å². The van der Waals surface area contributed by atoms with E-state index < -0.39 is 6.03 Å². The molecule has 5 nitrogen and oxygen atoms in total. The lowest BCUT2D eigenvalue weighted by atomic mass is 10.1. The monoisotopic (exact) mass is 384 g/mol. The second kappa shape index (κ2) is 10.8. The van der Waals surface area contributed by atoms with Crippen molar-refractivity contribution >= 4 is 23.3 Å². The van der Waals surface area contributed by atoms with Gasteiger partial charge in [0.2, 0.25) is 0 Å². The average molecular weight is 385 g/mol. The number of amides is 2. The van der Waals surface area contributed by atoms with Crippen LogP contribution >= 0.6 is 11.6 Å². The van der Waals surface area contributed by atoms with Gasteiger partial charge in [-0.1, -0.05) is 47.7 Å². The maximum absolute atomic E-state index is 11.9. The number of methoxy groups -OCH3 is 1. The van der Waals surface area contributed by atoms with Crippen molar-refractivity contribution in [2.45, 2.75) is 6.42 Å². The molecule has 2 N–H and O–H groups in total. The second-order valence-corrected chi connectivity index (χ2v) is 5.83. The van der Waals surface area contributed by atoms with Crippen molar-refractivity contribution in [2.75, 3.05) is 25.6 Å². The molecule has 0 bridgehead atoms. The summed E-state index contributed by atoms with van der Waals surface area (Å²) in [6, 6.07) is 12.3. The highest BCUT2D eigenvalue weighted by Crippen LogP contribution is 2.27. The minimum atomic E-state index is -0.401. The molecule has 0 atom stereocenters. The van der Waals surface area contributed by atoms with Crippen LogP contribution in [0.2, 0.25) is 5.02 Å². The largest absolute Gasteiger partial charge is 0.495 e. The number of allylic oxidation sites excluding steroid dienone is 1. The molecule has 0 aliphatic carbocycles. The van der Waals surface area contributed by atoms with Crippen molar-refractivity contribution in [1.29, 1.82) is 0 Å². The van der Waals surface area contributed by atoms with Crippen LogP contribution in [0.1, 0.15) is 5.56 Å². The Hall–Kier alpha value is -3.10. The zero-order valence-electron chi connectivity index (χ0n) is 15.0. The minimum absolute atomic E-state index is 0.187. The lowest BCUT2D eigenvalue weighted by Gasteiger charge is -2.10. The molecule has 0 aliphatic rings. The van der Waals surface area contributed by atoms with E-state index in [4.69, 9.17) is 21.1 Å². The predicted octanol–water partition coefficient (Wildman–Crippen LogP) is 4.28. The molecule has 0 spiro atoms. The van der Waals surface area contributed by atoms with Gasteiger partial charge in [0.1, 0.15) is 18.1 Å². The number of para-hydroxylation sites is 1. The van der Waals surface area contributed by atoms with Gasteiger partial charge in [0.05, 0.1) is 19.3 Å². The first kappa shape index (κ1) is 20.2. The van der Waals surface area contributed by atoms with E-state index in [1.807, 2.05) is 30.3 Å². The Morgan fingerprint density at radius 2 is 2.04 bits per heavy atom. The fourth-order valence-corrected chi connectivity index (χ4v) is 2.44. The van der Waals surface area contributed by atoms with Crippen molar-refractivity contribution in [3.8, 4) is 23.3 Å². The highest BCUT2D eigenvalue weighted by molar-refractivity contribution is 6.31. The molecule has 2 rings (SSSR count). The number of ether oxygens (including phenoxy) is 2. The fraction of sp³-hybridized carbons (Fsp3) is 0.190. The molecule has 6 heteroatoms. The van der Waals surface area contributed by atoms with Crippen LogP contribution in [-0.4, -0.2) is 26.3 Å². The third kappa shape index (κ3) is 6.61. The quantitative estimate of drug-likeness (QED) is 0.553. The Labute approximate surface area is 164 Å². The molecular formula is C21H21ClN2O3. The SMILES string of the molecule is C=CCc1ccccc1OCC#CCNC(=O)Nc1cc(Cl)ccc1OC. The summed E-state index contributed by atoms with van der Waals surface area (Å²) in [5, 5.41) is 5.81. The second-order valence-electron chi connectivity index (χ2n) is 5.40. The zero-order chi connectivity index (χ0) is 19.5. The van der Waals surface area contributed by atoms with Gasteiger partial charge >= 0.3 is 6.03 Å². The maximum atomic E-state index is 11.9. The van der Waals surface area contributed by atoms with Crippen LogP contribution in [0.5, 0.6) is 11.5 Å². The normalized spacial score (nSPS) is 9.56. The number of carbonyl (C=O) groups is 1. The molecule has 0 saturated heterocycles. The number of nitrogens with one attached hydrogen (secondary N) is 2. The molecule has 0 saturated carbocycles. The average Bonchev–Trinajstić information content (AvgIpc) is 2.66. The van der Waals surface area contributed by atoms with E-state index in [0.717, 1.165) is 17.7 Å². The lowest BCUT2D eigenvalue weighted by Crippen LogP contribution is -2.29. The molecular weight excluding hydrogens is 364 g/mol. The molecule has 0 aromatic heterocycles. The first-order valence-electron chi connectivity index (χ1n) is 8.29. The van der Waals surface area contributed by atoms with E-state index in [9.17, 15) is 4.79 Å². The number of rotatable bonds is 7. The summed E-state index contributed by atoms with van der Waals surface area (Å²) in [6.45, 7) is 4.16. The smallest absolute Gasteiger partial charge is 0.320 e.